The highest BCUT2D eigenvalue weighted by Crippen LogP contribution is 2.27. The van der Waals surface area contributed by atoms with Crippen molar-refractivity contribution in [1.29, 1.82) is 0 Å². The van der Waals surface area contributed by atoms with Crippen molar-refractivity contribution in [2.24, 2.45) is 0 Å². The fourth-order valence-corrected chi connectivity index (χ4v) is 3.42. The van der Waals surface area contributed by atoms with E-state index < -0.39 is 0 Å². The first kappa shape index (κ1) is 14.8. The summed E-state index contributed by atoms with van der Waals surface area (Å²) in [5.74, 6) is 0.605. The minimum absolute atomic E-state index is 0.346. The average Bonchev–Trinajstić information content (AvgIpc) is 3.17. The first-order valence-corrected chi connectivity index (χ1v) is 8.34. The van der Waals surface area contributed by atoms with Crippen molar-refractivity contribution >= 4 is 17.3 Å². The van der Waals surface area contributed by atoms with Crippen LogP contribution in [0.5, 0.6) is 0 Å². The van der Waals surface area contributed by atoms with Gasteiger partial charge in [-0.1, -0.05) is 29.8 Å². The number of rotatable bonds is 3. The van der Waals surface area contributed by atoms with Crippen molar-refractivity contribution < 1.29 is 4.74 Å². The molecule has 21 heavy (non-hydrogen) atoms. The molecule has 2 aliphatic heterocycles. The second-order valence-corrected chi connectivity index (χ2v) is 6.55. The summed E-state index contributed by atoms with van der Waals surface area (Å²) in [4.78, 5) is 2.30. The van der Waals surface area contributed by atoms with E-state index in [1.807, 2.05) is 0 Å². The zero-order valence-electron chi connectivity index (χ0n) is 12.7. The number of nitrogens with zero attached hydrogens (tertiary/aromatic N) is 1. The maximum atomic E-state index is 5.63. The number of nitrogens with one attached hydrogen (secondary N) is 1. The molecule has 4 heteroatoms. The Morgan fingerprint density at radius 2 is 2.14 bits per heavy atom. The number of hydrogen-bond donors (Lipinski definition) is 1. The summed E-state index contributed by atoms with van der Waals surface area (Å²) in [5.41, 5.74) is 2.76. The smallest absolute Gasteiger partial charge is 0.169 e. The minimum atomic E-state index is 0.346. The van der Waals surface area contributed by atoms with Crippen molar-refractivity contribution in [3.05, 3.63) is 35.4 Å². The zero-order chi connectivity index (χ0) is 14.7. The van der Waals surface area contributed by atoms with Crippen molar-refractivity contribution in [3.8, 4) is 0 Å². The molecule has 1 aromatic rings. The molecule has 0 aromatic heterocycles. The van der Waals surface area contributed by atoms with Gasteiger partial charge in [-0.2, -0.15) is 0 Å². The lowest BCUT2D eigenvalue weighted by molar-refractivity contribution is 0.113. The topological polar surface area (TPSA) is 24.5 Å². The Labute approximate surface area is 132 Å². The quantitative estimate of drug-likeness (QED) is 0.868. The number of aryl methyl sites for hydroxylation is 1. The van der Waals surface area contributed by atoms with Crippen LogP contribution in [0, 0.1) is 6.92 Å². The van der Waals surface area contributed by atoms with E-state index in [0.717, 1.165) is 37.8 Å². The van der Waals surface area contributed by atoms with E-state index in [9.17, 15) is 0 Å². The molecule has 0 unspecified atom stereocenters. The number of hydrogen-bond acceptors (Lipinski definition) is 2. The highest BCUT2D eigenvalue weighted by Gasteiger charge is 2.26. The first-order chi connectivity index (χ1) is 10.2. The van der Waals surface area contributed by atoms with E-state index in [4.69, 9.17) is 17.0 Å². The van der Waals surface area contributed by atoms with Gasteiger partial charge in [0.05, 0.1) is 6.10 Å². The Kier molecular flexibility index (Phi) is 4.76. The van der Waals surface area contributed by atoms with E-state index >= 15 is 0 Å². The molecule has 0 amide bonds. The number of thiocarbonyl (C=S) groups is 1. The van der Waals surface area contributed by atoms with Gasteiger partial charge in [0.15, 0.2) is 5.11 Å². The Morgan fingerprint density at radius 3 is 2.86 bits per heavy atom. The number of benzene rings is 1. The second-order valence-electron chi connectivity index (χ2n) is 6.16. The highest BCUT2D eigenvalue weighted by molar-refractivity contribution is 7.80. The molecule has 0 spiro atoms. The normalized spacial score (nSPS) is 25.3. The standard InChI is InChI=1S/C17H24N2OS/c1-13-4-6-14(7-5-13)15-8-9-19(12-15)17(21)18-11-16-3-2-10-20-16/h4-7,15-16H,2-3,8-12H2,1H3,(H,18,21)/t15-,16-/m1/s1. The lowest BCUT2D eigenvalue weighted by atomic mass is 9.98. The van der Waals surface area contributed by atoms with Crippen molar-refractivity contribution in [2.45, 2.75) is 38.2 Å². The van der Waals surface area contributed by atoms with Crippen molar-refractivity contribution in [3.63, 3.8) is 0 Å². The molecule has 2 aliphatic rings. The summed E-state index contributed by atoms with van der Waals surface area (Å²) in [7, 11) is 0. The lowest BCUT2D eigenvalue weighted by Crippen LogP contribution is -2.41. The Bertz CT molecular complexity index is 482. The van der Waals surface area contributed by atoms with E-state index in [1.165, 1.54) is 24.0 Å². The third kappa shape index (κ3) is 3.74. The second kappa shape index (κ2) is 6.75. The molecular weight excluding hydrogens is 280 g/mol. The van der Waals surface area contributed by atoms with Crippen LogP contribution in [0.1, 0.15) is 36.3 Å². The molecule has 0 radical (unpaired) electrons. The van der Waals surface area contributed by atoms with Crippen molar-refractivity contribution in [2.75, 3.05) is 26.2 Å². The number of likely N-dealkylation sites (tertiary alicyclic amines) is 1. The van der Waals surface area contributed by atoms with Crippen LogP contribution in [-0.4, -0.2) is 42.4 Å². The molecule has 2 atom stereocenters. The maximum absolute atomic E-state index is 5.63. The van der Waals surface area contributed by atoms with Crippen LogP contribution in [0.15, 0.2) is 24.3 Å². The van der Waals surface area contributed by atoms with Crippen molar-refractivity contribution in [1.82, 2.24) is 10.2 Å². The fraction of sp³-hybridized carbons (Fsp3) is 0.588. The molecule has 2 heterocycles. The van der Waals surface area contributed by atoms with Crippen LogP contribution in [0.2, 0.25) is 0 Å². The van der Waals surface area contributed by atoms with Crippen LogP contribution in [-0.2, 0) is 4.74 Å². The molecule has 114 valence electrons. The SMILES string of the molecule is Cc1ccc([C@@H]2CCN(C(=S)NC[C@H]3CCCO3)C2)cc1. The Balaban J connectivity index is 1.49. The van der Waals surface area contributed by atoms with Crippen LogP contribution >= 0.6 is 12.2 Å². The summed E-state index contributed by atoms with van der Waals surface area (Å²) < 4.78 is 5.63. The van der Waals surface area contributed by atoms with Crippen LogP contribution in [0.25, 0.3) is 0 Å². The van der Waals surface area contributed by atoms with E-state index in [2.05, 4.69) is 41.4 Å². The monoisotopic (exact) mass is 304 g/mol. The van der Waals surface area contributed by atoms with Gasteiger partial charge >= 0.3 is 0 Å². The van der Waals surface area contributed by atoms with Crippen LogP contribution in [0.4, 0.5) is 0 Å². The molecule has 2 fully saturated rings. The van der Waals surface area contributed by atoms with Gasteiger partial charge in [-0.15, -0.1) is 0 Å². The highest BCUT2D eigenvalue weighted by atomic mass is 32.1. The van der Waals surface area contributed by atoms with E-state index in [1.54, 1.807) is 0 Å². The summed E-state index contributed by atoms with van der Waals surface area (Å²) in [6.45, 7) is 5.97. The van der Waals surface area contributed by atoms with Crippen LogP contribution in [0.3, 0.4) is 0 Å². The molecule has 2 saturated heterocycles. The predicted octanol–water partition coefficient (Wildman–Crippen LogP) is 2.84. The van der Waals surface area contributed by atoms with Gasteiger partial charge in [0, 0.05) is 32.2 Å². The molecule has 1 aromatic carbocycles. The molecule has 3 rings (SSSR count). The molecule has 0 aliphatic carbocycles. The Morgan fingerprint density at radius 1 is 1.33 bits per heavy atom. The molecular formula is C17H24N2OS. The van der Waals surface area contributed by atoms with Gasteiger partial charge in [0.2, 0.25) is 0 Å². The first-order valence-electron chi connectivity index (χ1n) is 7.93. The third-order valence-electron chi connectivity index (χ3n) is 4.53. The van der Waals surface area contributed by atoms with Gasteiger partial charge in [-0.3, -0.25) is 0 Å². The summed E-state index contributed by atoms with van der Waals surface area (Å²) in [6.07, 6.45) is 3.86. The average molecular weight is 304 g/mol. The fourth-order valence-electron chi connectivity index (χ4n) is 3.17. The largest absolute Gasteiger partial charge is 0.376 e. The molecule has 0 saturated carbocycles. The Hall–Kier alpha value is -1.13. The predicted molar refractivity (Wildman–Crippen MR) is 89.7 cm³/mol. The van der Waals surface area contributed by atoms with Gasteiger partial charge in [0.25, 0.3) is 0 Å². The summed E-state index contributed by atoms with van der Waals surface area (Å²) >= 11 is 5.53. The molecule has 0 bridgehead atoms. The molecule has 1 N–H and O–H groups in total. The lowest BCUT2D eigenvalue weighted by Gasteiger charge is -2.22. The third-order valence-corrected chi connectivity index (χ3v) is 4.93. The van der Waals surface area contributed by atoms with Gasteiger partial charge in [-0.05, 0) is 44.0 Å². The molecule has 3 nitrogen and oxygen atoms in total. The van der Waals surface area contributed by atoms with Gasteiger partial charge < -0.3 is 15.0 Å². The summed E-state index contributed by atoms with van der Waals surface area (Å²) in [5, 5.41) is 4.27. The van der Waals surface area contributed by atoms with Gasteiger partial charge in [-0.25, -0.2) is 0 Å². The van der Waals surface area contributed by atoms with Gasteiger partial charge in [0.1, 0.15) is 0 Å². The van der Waals surface area contributed by atoms with E-state index in [-0.39, 0.29) is 0 Å². The maximum Gasteiger partial charge on any atom is 0.169 e. The van der Waals surface area contributed by atoms with E-state index in [0.29, 0.717) is 12.0 Å². The number of ether oxygens (including phenoxy) is 1. The van der Waals surface area contributed by atoms with Crippen LogP contribution < -0.4 is 5.32 Å². The summed E-state index contributed by atoms with van der Waals surface area (Å²) in [6, 6.07) is 8.91. The minimum Gasteiger partial charge on any atom is -0.376 e. The zero-order valence-corrected chi connectivity index (χ0v) is 13.5.